The van der Waals surface area contributed by atoms with E-state index in [1.165, 1.54) is 12.1 Å². The lowest BCUT2D eigenvalue weighted by molar-refractivity contribution is -0.384. The van der Waals surface area contributed by atoms with Gasteiger partial charge in [-0.2, -0.15) is 0 Å². The molecule has 3 rings (SSSR count). The number of nitro benzene ring substituents is 1. The highest BCUT2D eigenvalue weighted by atomic mass is 16.6. The maximum Gasteiger partial charge on any atom is 0.270 e. The first-order valence-corrected chi connectivity index (χ1v) is 7.95. The fourth-order valence-corrected chi connectivity index (χ4v) is 2.47. The molecule has 0 aliphatic rings. The van der Waals surface area contributed by atoms with Crippen LogP contribution in [0.25, 0.3) is 11.6 Å². The maximum absolute atomic E-state index is 12.7. The summed E-state index contributed by atoms with van der Waals surface area (Å²) in [5.74, 6) is 0.347. The Hall–Kier alpha value is -3.67. The zero-order valence-corrected chi connectivity index (χ0v) is 13.8. The van der Waals surface area contributed by atoms with Crippen LogP contribution in [0.5, 0.6) is 0 Å². The van der Waals surface area contributed by atoms with E-state index in [1.54, 1.807) is 36.6 Å². The van der Waals surface area contributed by atoms with Gasteiger partial charge in [-0.3, -0.25) is 14.9 Å². The summed E-state index contributed by atoms with van der Waals surface area (Å²) in [5.41, 5.74) is 1.68. The number of carbonyl (C=O) groups is 1. The molecule has 0 aliphatic carbocycles. The lowest BCUT2D eigenvalue weighted by Gasteiger charge is -2.09. The smallest absolute Gasteiger partial charge is 0.270 e. The Labute approximate surface area is 149 Å². The number of hydrogen-bond donors (Lipinski definition) is 1. The number of hydrogen-bond acceptors (Lipinski definition) is 4. The maximum atomic E-state index is 12.7. The molecule has 0 spiro atoms. The minimum Gasteiger partial charge on any atom is -0.467 e. The molecule has 130 valence electrons. The van der Waals surface area contributed by atoms with Gasteiger partial charge in [-0.1, -0.05) is 42.5 Å². The van der Waals surface area contributed by atoms with E-state index in [9.17, 15) is 14.9 Å². The van der Waals surface area contributed by atoms with Gasteiger partial charge in [0.15, 0.2) is 0 Å². The normalized spacial score (nSPS) is 11.2. The summed E-state index contributed by atoms with van der Waals surface area (Å²) in [4.78, 5) is 23.2. The van der Waals surface area contributed by atoms with Gasteiger partial charge in [-0.25, -0.2) is 0 Å². The van der Waals surface area contributed by atoms with Crippen molar-refractivity contribution in [3.05, 3.63) is 100.0 Å². The fourth-order valence-electron chi connectivity index (χ4n) is 2.47. The minimum atomic E-state index is -0.462. The molecule has 0 aliphatic heterocycles. The summed E-state index contributed by atoms with van der Waals surface area (Å²) in [7, 11) is 0. The molecule has 0 radical (unpaired) electrons. The van der Waals surface area contributed by atoms with Gasteiger partial charge in [0.2, 0.25) is 0 Å². The Morgan fingerprint density at radius 2 is 1.88 bits per heavy atom. The first-order valence-electron chi connectivity index (χ1n) is 7.95. The Kier molecular flexibility index (Phi) is 5.24. The second-order valence-electron chi connectivity index (χ2n) is 5.54. The van der Waals surface area contributed by atoms with E-state index in [2.05, 4.69) is 5.32 Å². The van der Waals surface area contributed by atoms with Gasteiger partial charge >= 0.3 is 0 Å². The van der Waals surface area contributed by atoms with Crippen LogP contribution in [0.15, 0.2) is 77.4 Å². The average Bonchev–Trinajstić information content (AvgIpc) is 3.19. The van der Waals surface area contributed by atoms with Crippen molar-refractivity contribution >= 4 is 23.2 Å². The first-order chi connectivity index (χ1) is 12.6. The number of nitrogens with zero attached hydrogens (tertiary/aromatic N) is 1. The first kappa shape index (κ1) is 17.2. The monoisotopic (exact) mass is 348 g/mol. The summed E-state index contributed by atoms with van der Waals surface area (Å²) in [6, 6.07) is 18.8. The predicted molar refractivity (Wildman–Crippen MR) is 98.0 cm³/mol. The average molecular weight is 348 g/mol. The summed E-state index contributed by atoms with van der Waals surface area (Å²) in [5, 5.41) is 13.8. The number of non-ortho nitro benzene ring substituents is 1. The predicted octanol–water partition coefficient (Wildman–Crippen LogP) is 4.04. The van der Waals surface area contributed by atoms with E-state index in [0.717, 1.165) is 5.56 Å². The third-order valence-corrected chi connectivity index (χ3v) is 3.72. The minimum absolute atomic E-state index is 0.0258. The molecule has 6 nitrogen and oxygen atoms in total. The molecular weight excluding hydrogens is 332 g/mol. The lowest BCUT2D eigenvalue weighted by Crippen LogP contribution is -2.23. The van der Waals surface area contributed by atoms with E-state index in [0.29, 0.717) is 16.9 Å². The zero-order valence-electron chi connectivity index (χ0n) is 13.8. The molecule has 0 unspecified atom stereocenters. The number of rotatable bonds is 6. The Bertz CT molecular complexity index is 931. The molecule has 6 heteroatoms. The van der Waals surface area contributed by atoms with Crippen molar-refractivity contribution in [3.63, 3.8) is 0 Å². The van der Waals surface area contributed by atoms with E-state index < -0.39 is 4.92 Å². The van der Waals surface area contributed by atoms with Crippen molar-refractivity contribution in [2.75, 3.05) is 0 Å². The van der Waals surface area contributed by atoms with Crippen LogP contribution >= 0.6 is 0 Å². The molecule has 0 saturated carbocycles. The number of nitrogens with one attached hydrogen (secondary N) is 1. The Morgan fingerprint density at radius 3 is 2.58 bits per heavy atom. The molecule has 26 heavy (non-hydrogen) atoms. The molecule has 1 heterocycles. The largest absolute Gasteiger partial charge is 0.467 e. The molecule has 1 aromatic heterocycles. The molecular formula is C20H16N2O4. The highest BCUT2D eigenvalue weighted by Crippen LogP contribution is 2.21. The highest BCUT2D eigenvalue weighted by molar-refractivity contribution is 6.24. The van der Waals surface area contributed by atoms with E-state index >= 15 is 0 Å². The summed E-state index contributed by atoms with van der Waals surface area (Å²) < 4.78 is 5.22. The molecule has 1 amide bonds. The van der Waals surface area contributed by atoms with Crippen molar-refractivity contribution in [1.29, 1.82) is 0 Å². The van der Waals surface area contributed by atoms with Crippen LogP contribution in [0.3, 0.4) is 0 Å². The van der Waals surface area contributed by atoms with Gasteiger partial charge in [0, 0.05) is 17.7 Å². The third kappa shape index (κ3) is 4.24. The van der Waals surface area contributed by atoms with Crippen molar-refractivity contribution in [2.45, 2.75) is 6.54 Å². The Morgan fingerprint density at radius 1 is 1.08 bits per heavy atom. The SMILES string of the molecule is O=C(NCc1ccco1)C(=Cc1cccc([N+](=O)[O-])c1)c1ccccc1. The van der Waals surface area contributed by atoms with Crippen molar-refractivity contribution in [1.82, 2.24) is 5.32 Å². The van der Waals surface area contributed by atoms with Gasteiger partial charge in [-0.05, 0) is 29.3 Å². The number of amides is 1. The topological polar surface area (TPSA) is 85.4 Å². The van der Waals surface area contributed by atoms with Gasteiger partial charge < -0.3 is 9.73 Å². The Balaban J connectivity index is 1.91. The lowest BCUT2D eigenvalue weighted by atomic mass is 10.0. The fraction of sp³-hybridized carbons (Fsp3) is 0.0500. The standard InChI is InChI=1S/C20H16N2O4/c23-20(21-14-18-10-5-11-26-18)19(16-7-2-1-3-8-16)13-15-6-4-9-17(12-15)22(24)25/h1-13H,14H2,(H,21,23). The van der Waals surface area contributed by atoms with Crippen molar-refractivity contribution in [2.24, 2.45) is 0 Å². The van der Waals surface area contributed by atoms with Gasteiger partial charge in [0.05, 0.1) is 17.7 Å². The quantitative estimate of drug-likeness (QED) is 0.315. The molecule has 0 fully saturated rings. The molecule has 3 aromatic rings. The van der Waals surface area contributed by atoms with Crippen LogP contribution in [0.2, 0.25) is 0 Å². The van der Waals surface area contributed by atoms with Gasteiger partial charge in [-0.15, -0.1) is 0 Å². The van der Waals surface area contributed by atoms with Crippen LogP contribution in [-0.4, -0.2) is 10.8 Å². The van der Waals surface area contributed by atoms with Crippen LogP contribution in [0.4, 0.5) is 5.69 Å². The number of benzene rings is 2. The van der Waals surface area contributed by atoms with Crippen LogP contribution in [0, 0.1) is 10.1 Å². The van der Waals surface area contributed by atoms with E-state index in [-0.39, 0.29) is 18.1 Å². The summed E-state index contributed by atoms with van der Waals surface area (Å²) in [6.45, 7) is 0.255. The summed E-state index contributed by atoms with van der Waals surface area (Å²) >= 11 is 0. The van der Waals surface area contributed by atoms with Crippen LogP contribution in [-0.2, 0) is 11.3 Å². The molecule has 1 N–H and O–H groups in total. The van der Waals surface area contributed by atoms with Crippen LogP contribution in [0.1, 0.15) is 16.9 Å². The summed E-state index contributed by atoms with van der Waals surface area (Å²) in [6.07, 6.45) is 3.18. The van der Waals surface area contributed by atoms with E-state index in [4.69, 9.17) is 4.42 Å². The third-order valence-electron chi connectivity index (χ3n) is 3.72. The molecule has 0 atom stereocenters. The van der Waals surface area contributed by atoms with Crippen molar-refractivity contribution < 1.29 is 14.1 Å². The van der Waals surface area contributed by atoms with Crippen molar-refractivity contribution in [3.8, 4) is 0 Å². The molecule has 0 bridgehead atoms. The van der Waals surface area contributed by atoms with Crippen LogP contribution < -0.4 is 5.32 Å². The zero-order chi connectivity index (χ0) is 18.4. The van der Waals surface area contributed by atoms with E-state index in [1.807, 2.05) is 30.3 Å². The molecule has 2 aromatic carbocycles. The number of carbonyl (C=O) groups excluding carboxylic acids is 1. The second-order valence-corrected chi connectivity index (χ2v) is 5.54. The number of nitro groups is 1. The highest BCUT2D eigenvalue weighted by Gasteiger charge is 2.13. The van der Waals surface area contributed by atoms with Gasteiger partial charge in [0.1, 0.15) is 5.76 Å². The molecule has 0 saturated heterocycles. The van der Waals surface area contributed by atoms with Gasteiger partial charge in [0.25, 0.3) is 11.6 Å². The second kappa shape index (κ2) is 7.94. The number of furan rings is 1.